The number of hydrogen-bond donors (Lipinski definition) is 3. The third-order valence-electron chi connectivity index (χ3n) is 3.85. The smallest absolute Gasteiger partial charge is 0.270 e. The molecule has 0 atom stereocenters. The van der Waals surface area contributed by atoms with Crippen LogP contribution in [0, 0.1) is 10.1 Å². The third kappa shape index (κ3) is 8.16. The second-order valence-corrected chi connectivity index (χ2v) is 9.02. The Kier molecular flexibility index (Phi) is 11.2. The van der Waals surface area contributed by atoms with Crippen molar-refractivity contribution in [2.24, 2.45) is 4.99 Å². The van der Waals surface area contributed by atoms with Crippen LogP contribution in [0.2, 0.25) is 0 Å². The van der Waals surface area contributed by atoms with E-state index < -0.39 is 14.9 Å². The fraction of sp³-hybridized carbons (Fsp3) is 0.389. The molecule has 2 aromatic rings. The number of non-ortho nitro benzene ring substituents is 1. The number of benzene rings is 1. The molecule has 0 aliphatic carbocycles. The Bertz CT molecular complexity index is 963. The zero-order valence-corrected chi connectivity index (χ0v) is 20.7. The number of aliphatic imine (C=N–C) groups is 1. The van der Waals surface area contributed by atoms with Crippen molar-refractivity contribution in [3.63, 3.8) is 0 Å². The van der Waals surface area contributed by atoms with E-state index in [1.165, 1.54) is 23.1 Å². The second kappa shape index (κ2) is 12.8. The molecule has 0 saturated heterocycles. The lowest BCUT2D eigenvalue weighted by Gasteiger charge is -2.12. The Morgan fingerprint density at radius 2 is 1.87 bits per heavy atom. The van der Waals surface area contributed by atoms with E-state index in [0.717, 1.165) is 17.4 Å². The largest absolute Gasteiger partial charge is 0.357 e. The van der Waals surface area contributed by atoms with Crippen molar-refractivity contribution in [3.05, 3.63) is 56.3 Å². The summed E-state index contributed by atoms with van der Waals surface area (Å²) in [5, 5.41) is 17.0. The minimum Gasteiger partial charge on any atom is -0.357 e. The van der Waals surface area contributed by atoms with Crippen LogP contribution < -0.4 is 15.4 Å². The average molecular weight is 567 g/mol. The summed E-state index contributed by atoms with van der Waals surface area (Å²) in [5.41, 5.74) is -0.271. The molecule has 2 rings (SSSR count). The molecule has 3 N–H and O–H groups in total. The highest BCUT2D eigenvalue weighted by Crippen LogP contribution is 2.18. The third-order valence-corrected chi connectivity index (χ3v) is 6.52. The molecule has 1 aromatic heterocycles. The molecule has 0 spiro atoms. The van der Waals surface area contributed by atoms with E-state index in [0.29, 0.717) is 25.6 Å². The van der Waals surface area contributed by atoms with Crippen LogP contribution in [0.3, 0.4) is 0 Å². The molecule has 166 valence electrons. The maximum atomic E-state index is 12.3. The van der Waals surface area contributed by atoms with Gasteiger partial charge in [0.05, 0.1) is 16.4 Å². The quantitative estimate of drug-likeness (QED) is 0.101. The highest BCUT2D eigenvalue weighted by Gasteiger charge is 2.17. The molecule has 1 aromatic carbocycles. The standard InChI is InChI=1S/C18H25N5O4S2.HI/c1-3-15-8-9-16(28-15)13-21-18(19-4-2)20-10-11-22-29(26,27)17-7-5-6-14(12-17)23(24)25;/h5-9,12,22H,3-4,10-11,13H2,1-2H3,(H2,19,20,21);1H. The highest BCUT2D eigenvalue weighted by molar-refractivity contribution is 14.0. The van der Waals surface area contributed by atoms with Crippen LogP contribution in [0.1, 0.15) is 23.6 Å². The van der Waals surface area contributed by atoms with E-state index in [1.54, 1.807) is 11.3 Å². The lowest BCUT2D eigenvalue weighted by molar-refractivity contribution is -0.385. The van der Waals surface area contributed by atoms with Gasteiger partial charge < -0.3 is 10.6 Å². The van der Waals surface area contributed by atoms with Gasteiger partial charge in [-0.05, 0) is 31.5 Å². The summed E-state index contributed by atoms with van der Waals surface area (Å²) in [4.78, 5) is 17.0. The Hall–Kier alpha value is -1.77. The Morgan fingerprint density at radius 1 is 1.13 bits per heavy atom. The molecule has 0 radical (unpaired) electrons. The SMILES string of the molecule is CCNC(=NCc1ccc(CC)s1)NCCNS(=O)(=O)c1cccc([N+](=O)[O-])c1.I. The predicted octanol–water partition coefficient (Wildman–Crippen LogP) is 2.87. The van der Waals surface area contributed by atoms with Gasteiger partial charge in [0.1, 0.15) is 0 Å². The van der Waals surface area contributed by atoms with Gasteiger partial charge in [-0.3, -0.25) is 10.1 Å². The topological polar surface area (TPSA) is 126 Å². The van der Waals surface area contributed by atoms with Gasteiger partial charge in [-0.2, -0.15) is 0 Å². The number of nitro groups is 1. The number of hydrogen-bond acceptors (Lipinski definition) is 6. The second-order valence-electron chi connectivity index (χ2n) is 6.00. The maximum Gasteiger partial charge on any atom is 0.270 e. The van der Waals surface area contributed by atoms with Crippen molar-refractivity contribution < 1.29 is 13.3 Å². The van der Waals surface area contributed by atoms with Gasteiger partial charge in [0, 0.05) is 41.5 Å². The zero-order valence-electron chi connectivity index (χ0n) is 16.8. The first-order valence-corrected chi connectivity index (χ1v) is 11.5. The Morgan fingerprint density at radius 3 is 2.50 bits per heavy atom. The van der Waals surface area contributed by atoms with E-state index in [-0.39, 0.29) is 41.1 Å². The summed E-state index contributed by atoms with van der Waals surface area (Å²) in [6.45, 7) is 5.69. The monoisotopic (exact) mass is 567 g/mol. The first-order valence-electron chi connectivity index (χ1n) is 9.19. The number of sulfonamides is 1. The van der Waals surface area contributed by atoms with Crippen molar-refractivity contribution >= 4 is 57.0 Å². The normalized spacial score (nSPS) is 11.6. The van der Waals surface area contributed by atoms with Crippen LogP contribution in [-0.2, 0) is 23.0 Å². The number of thiophene rings is 1. The predicted molar refractivity (Wildman–Crippen MR) is 130 cm³/mol. The van der Waals surface area contributed by atoms with Gasteiger partial charge in [0.25, 0.3) is 5.69 Å². The van der Waals surface area contributed by atoms with Crippen LogP contribution >= 0.6 is 35.3 Å². The summed E-state index contributed by atoms with van der Waals surface area (Å²) in [7, 11) is -3.84. The zero-order chi connectivity index (χ0) is 21.3. The van der Waals surface area contributed by atoms with Gasteiger partial charge in [0.15, 0.2) is 5.96 Å². The number of nitro benzene ring substituents is 1. The van der Waals surface area contributed by atoms with Gasteiger partial charge in [-0.1, -0.05) is 13.0 Å². The molecule has 0 aliphatic heterocycles. The molecule has 30 heavy (non-hydrogen) atoms. The molecule has 0 amide bonds. The van der Waals surface area contributed by atoms with Crippen molar-refractivity contribution in [1.29, 1.82) is 0 Å². The summed E-state index contributed by atoms with van der Waals surface area (Å²) in [5.74, 6) is 0.591. The number of guanidine groups is 1. The van der Waals surface area contributed by atoms with E-state index in [2.05, 4.69) is 39.4 Å². The Balaban J connectivity index is 0.00000450. The fourth-order valence-electron chi connectivity index (χ4n) is 2.41. The number of nitrogens with zero attached hydrogens (tertiary/aromatic N) is 2. The van der Waals surface area contributed by atoms with Crippen LogP contribution in [0.4, 0.5) is 5.69 Å². The minimum atomic E-state index is -3.84. The molecule has 0 fully saturated rings. The molecule has 1 heterocycles. The van der Waals surface area contributed by atoms with Crippen molar-refractivity contribution in [1.82, 2.24) is 15.4 Å². The van der Waals surface area contributed by atoms with Crippen LogP contribution in [0.5, 0.6) is 0 Å². The van der Waals surface area contributed by atoms with E-state index >= 15 is 0 Å². The summed E-state index contributed by atoms with van der Waals surface area (Å²) in [6.07, 6.45) is 0.997. The number of halogens is 1. The van der Waals surface area contributed by atoms with Crippen molar-refractivity contribution in [2.75, 3.05) is 19.6 Å². The maximum absolute atomic E-state index is 12.3. The number of rotatable bonds is 10. The van der Waals surface area contributed by atoms with Crippen LogP contribution in [-0.4, -0.2) is 38.9 Å². The van der Waals surface area contributed by atoms with Gasteiger partial charge >= 0.3 is 0 Å². The van der Waals surface area contributed by atoms with Crippen LogP contribution in [0.15, 0.2) is 46.3 Å². The fourth-order valence-corrected chi connectivity index (χ4v) is 4.36. The van der Waals surface area contributed by atoms with Gasteiger partial charge in [-0.15, -0.1) is 35.3 Å². The summed E-state index contributed by atoms with van der Waals surface area (Å²) < 4.78 is 27.1. The highest BCUT2D eigenvalue weighted by atomic mass is 127. The summed E-state index contributed by atoms with van der Waals surface area (Å²) in [6, 6.07) is 9.10. The molecule has 0 aliphatic rings. The van der Waals surface area contributed by atoms with Crippen molar-refractivity contribution in [3.8, 4) is 0 Å². The van der Waals surface area contributed by atoms with Crippen molar-refractivity contribution in [2.45, 2.75) is 31.7 Å². The molecule has 0 unspecified atom stereocenters. The average Bonchev–Trinajstić information content (AvgIpc) is 3.17. The first kappa shape index (κ1) is 26.3. The first-order chi connectivity index (χ1) is 13.9. The van der Waals surface area contributed by atoms with Crippen LogP contribution in [0.25, 0.3) is 0 Å². The number of nitrogens with one attached hydrogen (secondary N) is 3. The van der Waals surface area contributed by atoms with Gasteiger partial charge in [-0.25, -0.2) is 18.1 Å². The summed E-state index contributed by atoms with van der Waals surface area (Å²) >= 11 is 1.72. The molecule has 0 saturated carbocycles. The molecular weight excluding hydrogens is 541 g/mol. The van der Waals surface area contributed by atoms with E-state index in [1.807, 2.05) is 6.92 Å². The molecule has 9 nitrogen and oxygen atoms in total. The Labute approximate surface area is 197 Å². The molecule has 0 bridgehead atoms. The lowest BCUT2D eigenvalue weighted by Crippen LogP contribution is -2.41. The molecular formula is C18H26IN5O4S2. The number of aryl methyl sites for hydroxylation is 1. The van der Waals surface area contributed by atoms with Gasteiger partial charge in [0.2, 0.25) is 10.0 Å². The lowest BCUT2D eigenvalue weighted by atomic mass is 10.3. The van der Waals surface area contributed by atoms with E-state index in [4.69, 9.17) is 0 Å². The molecule has 12 heteroatoms. The van der Waals surface area contributed by atoms with E-state index in [9.17, 15) is 18.5 Å². The minimum absolute atomic E-state index is 0.